The highest BCUT2D eigenvalue weighted by molar-refractivity contribution is 5.89. The molecule has 0 saturated carbocycles. The SMILES string of the molecule is N#Cc1ccc(NC(=O)NCCOCC(=O)O)c(F)c1. The number of anilines is 1. The van der Waals surface area contributed by atoms with Gasteiger partial charge in [0.2, 0.25) is 0 Å². The Hall–Kier alpha value is -2.66. The summed E-state index contributed by atoms with van der Waals surface area (Å²) >= 11 is 0. The second-order valence-electron chi connectivity index (χ2n) is 3.63. The normalized spacial score (nSPS) is 9.60. The first kappa shape index (κ1) is 15.4. The van der Waals surface area contributed by atoms with Crippen molar-refractivity contribution in [2.24, 2.45) is 0 Å². The number of ether oxygens (including phenoxy) is 1. The second-order valence-corrected chi connectivity index (χ2v) is 3.63. The largest absolute Gasteiger partial charge is 0.480 e. The smallest absolute Gasteiger partial charge is 0.329 e. The number of benzene rings is 1. The van der Waals surface area contributed by atoms with Gasteiger partial charge in [0.1, 0.15) is 12.4 Å². The van der Waals surface area contributed by atoms with Crippen LogP contribution in [0.15, 0.2) is 18.2 Å². The number of hydrogen-bond acceptors (Lipinski definition) is 4. The van der Waals surface area contributed by atoms with Crippen LogP contribution in [0.25, 0.3) is 0 Å². The zero-order valence-corrected chi connectivity index (χ0v) is 10.4. The van der Waals surface area contributed by atoms with Gasteiger partial charge >= 0.3 is 12.0 Å². The number of carbonyl (C=O) groups is 2. The molecule has 0 aromatic heterocycles. The number of hydrogen-bond donors (Lipinski definition) is 3. The van der Waals surface area contributed by atoms with E-state index in [9.17, 15) is 14.0 Å². The van der Waals surface area contributed by atoms with Crippen LogP contribution in [-0.2, 0) is 9.53 Å². The molecule has 0 aliphatic rings. The number of aliphatic carboxylic acids is 1. The minimum atomic E-state index is -1.10. The van der Waals surface area contributed by atoms with Crippen LogP contribution in [-0.4, -0.2) is 36.9 Å². The molecule has 0 spiro atoms. The number of halogens is 1. The third kappa shape index (κ3) is 5.32. The topological polar surface area (TPSA) is 111 Å². The average Bonchev–Trinajstić information content (AvgIpc) is 2.40. The molecular formula is C12H12FN3O4. The molecule has 2 amide bonds. The Balaban J connectivity index is 2.36. The summed E-state index contributed by atoms with van der Waals surface area (Å²) in [6.07, 6.45) is 0. The Kier molecular flexibility index (Phi) is 5.93. The molecule has 3 N–H and O–H groups in total. The van der Waals surface area contributed by atoms with Gasteiger partial charge in [-0.1, -0.05) is 0 Å². The zero-order chi connectivity index (χ0) is 15.0. The number of amides is 2. The Morgan fingerprint density at radius 3 is 2.80 bits per heavy atom. The summed E-state index contributed by atoms with van der Waals surface area (Å²) in [5.74, 6) is -1.82. The molecular weight excluding hydrogens is 269 g/mol. The Labute approximate surface area is 114 Å². The Morgan fingerprint density at radius 2 is 2.20 bits per heavy atom. The third-order valence-corrected chi connectivity index (χ3v) is 2.10. The van der Waals surface area contributed by atoms with E-state index < -0.39 is 24.4 Å². The van der Waals surface area contributed by atoms with Gasteiger partial charge in [0.25, 0.3) is 0 Å². The van der Waals surface area contributed by atoms with Gasteiger partial charge in [0, 0.05) is 6.54 Å². The molecule has 0 aliphatic heterocycles. The van der Waals surface area contributed by atoms with Crippen LogP contribution >= 0.6 is 0 Å². The van der Waals surface area contributed by atoms with Gasteiger partial charge in [0.15, 0.2) is 0 Å². The van der Waals surface area contributed by atoms with Crippen molar-refractivity contribution in [3.63, 3.8) is 0 Å². The molecule has 0 heterocycles. The summed E-state index contributed by atoms with van der Waals surface area (Å²) in [4.78, 5) is 21.5. The molecule has 0 atom stereocenters. The predicted octanol–water partition coefficient (Wildman–Crippen LogP) is 0.920. The van der Waals surface area contributed by atoms with E-state index in [0.717, 1.165) is 6.07 Å². The van der Waals surface area contributed by atoms with Crippen LogP contribution < -0.4 is 10.6 Å². The van der Waals surface area contributed by atoms with Crippen molar-refractivity contribution in [2.45, 2.75) is 0 Å². The number of nitriles is 1. The highest BCUT2D eigenvalue weighted by Gasteiger charge is 2.07. The fourth-order valence-corrected chi connectivity index (χ4v) is 1.25. The van der Waals surface area contributed by atoms with E-state index >= 15 is 0 Å². The monoisotopic (exact) mass is 281 g/mol. The number of urea groups is 1. The van der Waals surface area contributed by atoms with Crippen LogP contribution in [0.5, 0.6) is 0 Å². The van der Waals surface area contributed by atoms with Gasteiger partial charge in [-0.05, 0) is 18.2 Å². The summed E-state index contributed by atoms with van der Waals surface area (Å²) in [5, 5.41) is 21.5. The molecule has 8 heteroatoms. The maximum Gasteiger partial charge on any atom is 0.329 e. The van der Waals surface area contributed by atoms with Crippen molar-refractivity contribution in [1.82, 2.24) is 5.32 Å². The predicted molar refractivity (Wildman–Crippen MR) is 66.6 cm³/mol. The van der Waals surface area contributed by atoms with E-state index in [1.807, 2.05) is 0 Å². The van der Waals surface area contributed by atoms with Gasteiger partial charge in [-0.3, -0.25) is 0 Å². The molecule has 1 aromatic carbocycles. The third-order valence-electron chi connectivity index (χ3n) is 2.10. The molecule has 0 saturated heterocycles. The average molecular weight is 281 g/mol. The molecule has 0 radical (unpaired) electrons. The molecule has 0 aliphatic carbocycles. The maximum absolute atomic E-state index is 13.4. The first-order valence-electron chi connectivity index (χ1n) is 5.57. The van der Waals surface area contributed by atoms with Crippen molar-refractivity contribution in [2.75, 3.05) is 25.1 Å². The lowest BCUT2D eigenvalue weighted by Crippen LogP contribution is -2.32. The number of carboxylic acid groups (broad SMARTS) is 1. The summed E-state index contributed by atoms with van der Waals surface area (Å²) in [6, 6.07) is 4.76. The van der Waals surface area contributed by atoms with E-state index in [-0.39, 0.29) is 24.4 Å². The van der Waals surface area contributed by atoms with Crippen molar-refractivity contribution in [3.8, 4) is 6.07 Å². The maximum atomic E-state index is 13.4. The second kappa shape index (κ2) is 7.70. The van der Waals surface area contributed by atoms with E-state index in [4.69, 9.17) is 15.1 Å². The first-order valence-corrected chi connectivity index (χ1v) is 5.57. The van der Waals surface area contributed by atoms with Crippen LogP contribution in [0.2, 0.25) is 0 Å². The van der Waals surface area contributed by atoms with Crippen molar-refractivity contribution >= 4 is 17.7 Å². The van der Waals surface area contributed by atoms with E-state index in [1.165, 1.54) is 12.1 Å². The fraction of sp³-hybridized carbons (Fsp3) is 0.250. The Bertz CT molecular complexity index is 542. The van der Waals surface area contributed by atoms with Crippen molar-refractivity contribution in [1.29, 1.82) is 5.26 Å². The van der Waals surface area contributed by atoms with E-state index in [0.29, 0.717) is 0 Å². The standard InChI is InChI=1S/C12H12FN3O4/c13-9-5-8(6-14)1-2-10(9)16-12(19)15-3-4-20-7-11(17)18/h1-2,5H,3-4,7H2,(H,17,18)(H2,15,16,19). The zero-order valence-electron chi connectivity index (χ0n) is 10.4. The molecule has 1 aromatic rings. The Morgan fingerprint density at radius 1 is 1.45 bits per heavy atom. The number of nitrogens with zero attached hydrogens (tertiary/aromatic N) is 1. The summed E-state index contributed by atoms with van der Waals surface area (Å²) in [7, 11) is 0. The fourth-order valence-electron chi connectivity index (χ4n) is 1.25. The first-order chi connectivity index (χ1) is 9.52. The molecule has 20 heavy (non-hydrogen) atoms. The number of carbonyl (C=O) groups excluding carboxylic acids is 1. The lowest BCUT2D eigenvalue weighted by Gasteiger charge is -2.08. The number of nitrogens with one attached hydrogen (secondary N) is 2. The van der Waals surface area contributed by atoms with Gasteiger partial charge in [0.05, 0.1) is 23.9 Å². The van der Waals surface area contributed by atoms with Crippen LogP contribution in [0.4, 0.5) is 14.9 Å². The lowest BCUT2D eigenvalue weighted by molar-refractivity contribution is -0.142. The highest BCUT2D eigenvalue weighted by atomic mass is 19.1. The van der Waals surface area contributed by atoms with Crippen LogP contribution in [0, 0.1) is 17.1 Å². The van der Waals surface area contributed by atoms with Crippen molar-refractivity contribution in [3.05, 3.63) is 29.6 Å². The summed E-state index contributed by atoms with van der Waals surface area (Å²) in [5.41, 5.74) is 0.0866. The summed E-state index contributed by atoms with van der Waals surface area (Å²) < 4.78 is 18.1. The van der Waals surface area contributed by atoms with Gasteiger partial charge in [-0.2, -0.15) is 5.26 Å². The molecule has 1 rings (SSSR count). The quantitative estimate of drug-likeness (QED) is 0.671. The van der Waals surface area contributed by atoms with E-state index in [2.05, 4.69) is 10.6 Å². The molecule has 0 bridgehead atoms. The molecule has 106 valence electrons. The van der Waals surface area contributed by atoms with Gasteiger partial charge < -0.3 is 20.5 Å². The molecule has 7 nitrogen and oxygen atoms in total. The minimum absolute atomic E-state index is 0.0234. The molecule has 0 unspecified atom stereocenters. The van der Waals surface area contributed by atoms with Gasteiger partial charge in [-0.25, -0.2) is 14.0 Å². The molecule has 0 fully saturated rings. The van der Waals surface area contributed by atoms with Crippen LogP contribution in [0.3, 0.4) is 0 Å². The number of carboxylic acids is 1. The highest BCUT2D eigenvalue weighted by Crippen LogP contribution is 2.14. The summed E-state index contributed by atoms with van der Waals surface area (Å²) in [6.45, 7) is -0.347. The number of rotatable bonds is 6. The van der Waals surface area contributed by atoms with Gasteiger partial charge in [-0.15, -0.1) is 0 Å². The van der Waals surface area contributed by atoms with E-state index in [1.54, 1.807) is 6.07 Å². The minimum Gasteiger partial charge on any atom is -0.480 e. The lowest BCUT2D eigenvalue weighted by atomic mass is 10.2. The van der Waals surface area contributed by atoms with Crippen LogP contribution in [0.1, 0.15) is 5.56 Å². The van der Waals surface area contributed by atoms with Crippen molar-refractivity contribution < 1.29 is 23.8 Å².